The van der Waals surface area contributed by atoms with Crippen molar-refractivity contribution in [3.05, 3.63) is 59.2 Å². The van der Waals surface area contributed by atoms with E-state index in [0.29, 0.717) is 12.1 Å². The van der Waals surface area contributed by atoms with Crippen molar-refractivity contribution in [1.29, 1.82) is 0 Å². The maximum absolute atomic E-state index is 14.1. The molecule has 0 radical (unpaired) electrons. The van der Waals surface area contributed by atoms with Crippen molar-refractivity contribution in [2.24, 2.45) is 0 Å². The van der Waals surface area contributed by atoms with Crippen LogP contribution in [-0.2, 0) is 12.3 Å². The molecule has 1 nitrogen and oxygen atoms in total. The Labute approximate surface area is 115 Å². The minimum Gasteiger partial charge on any atom is -0.336 e. The molecule has 0 spiro atoms. The Hall–Kier alpha value is -1.61. The molecule has 0 saturated carbocycles. The van der Waals surface area contributed by atoms with Crippen LogP contribution in [-0.4, -0.2) is 6.54 Å². The zero-order valence-electron chi connectivity index (χ0n) is 10.2. The lowest BCUT2D eigenvalue weighted by molar-refractivity contribution is 0.579. The summed E-state index contributed by atoms with van der Waals surface area (Å²) in [5, 5.41) is 0. The second kappa shape index (κ2) is 4.82. The molecule has 19 heavy (non-hydrogen) atoms. The summed E-state index contributed by atoms with van der Waals surface area (Å²) in [5.74, 6) is -1.02. The second-order valence-corrected chi connectivity index (χ2v) is 4.84. The van der Waals surface area contributed by atoms with Crippen molar-refractivity contribution >= 4 is 23.0 Å². The molecule has 0 bridgehead atoms. The van der Waals surface area contributed by atoms with Gasteiger partial charge in [-0.1, -0.05) is 18.2 Å². The van der Waals surface area contributed by atoms with Crippen LogP contribution >= 0.6 is 11.6 Å². The molecule has 4 heteroatoms. The van der Waals surface area contributed by atoms with Crippen LogP contribution in [0, 0.1) is 11.6 Å². The number of anilines is 2. The molecule has 0 N–H and O–H groups in total. The number of hydrogen-bond donors (Lipinski definition) is 0. The maximum Gasteiger partial charge on any atom is 0.150 e. The Balaban J connectivity index is 2.10. The van der Waals surface area contributed by atoms with Crippen LogP contribution in [0.25, 0.3) is 0 Å². The lowest BCUT2D eigenvalue weighted by Gasteiger charge is -2.21. The van der Waals surface area contributed by atoms with E-state index in [4.69, 9.17) is 11.6 Å². The van der Waals surface area contributed by atoms with E-state index >= 15 is 0 Å². The molecule has 0 unspecified atom stereocenters. The van der Waals surface area contributed by atoms with Gasteiger partial charge in [0.25, 0.3) is 0 Å². The van der Waals surface area contributed by atoms with Gasteiger partial charge in [-0.25, -0.2) is 8.78 Å². The third kappa shape index (κ3) is 2.08. The Morgan fingerprint density at radius 2 is 1.79 bits per heavy atom. The fourth-order valence-electron chi connectivity index (χ4n) is 2.52. The standard InChI is InChI=1S/C15H12ClF2N/c16-9-10-7-12(17)15(13(18)8-10)19-6-5-11-3-1-2-4-14(11)19/h1-4,7-8H,5-6,9H2. The SMILES string of the molecule is Fc1cc(CCl)cc(F)c1N1CCc2ccccc21. The summed E-state index contributed by atoms with van der Waals surface area (Å²) in [5.41, 5.74) is 2.45. The van der Waals surface area contributed by atoms with Crippen molar-refractivity contribution < 1.29 is 8.78 Å². The topological polar surface area (TPSA) is 3.24 Å². The zero-order valence-corrected chi connectivity index (χ0v) is 10.9. The van der Waals surface area contributed by atoms with Crippen LogP contribution in [0.4, 0.5) is 20.2 Å². The number of hydrogen-bond acceptors (Lipinski definition) is 1. The molecule has 98 valence electrons. The first kappa shape index (κ1) is 12.4. The summed E-state index contributed by atoms with van der Waals surface area (Å²) in [6.45, 7) is 0.591. The summed E-state index contributed by atoms with van der Waals surface area (Å²) in [6.07, 6.45) is 0.798. The molecule has 1 aliphatic rings. The highest BCUT2D eigenvalue weighted by Crippen LogP contribution is 2.37. The van der Waals surface area contributed by atoms with Crippen molar-refractivity contribution in [2.75, 3.05) is 11.4 Å². The Bertz CT molecular complexity index is 604. The lowest BCUT2D eigenvalue weighted by atomic mass is 10.1. The van der Waals surface area contributed by atoms with Gasteiger partial charge in [0.1, 0.15) is 17.3 Å². The highest BCUT2D eigenvalue weighted by Gasteiger charge is 2.25. The monoisotopic (exact) mass is 279 g/mol. The summed E-state index contributed by atoms with van der Waals surface area (Å²) in [7, 11) is 0. The molecule has 0 atom stereocenters. The number of halogens is 3. The summed E-state index contributed by atoms with van der Waals surface area (Å²) in [4.78, 5) is 1.69. The Morgan fingerprint density at radius 1 is 1.11 bits per heavy atom. The van der Waals surface area contributed by atoms with Gasteiger partial charge in [-0.2, -0.15) is 0 Å². The van der Waals surface area contributed by atoms with Gasteiger partial charge in [-0.3, -0.25) is 0 Å². The van der Waals surface area contributed by atoms with Crippen LogP contribution in [0.1, 0.15) is 11.1 Å². The fraction of sp³-hybridized carbons (Fsp3) is 0.200. The molecule has 1 aliphatic heterocycles. The minimum atomic E-state index is -0.563. The van der Waals surface area contributed by atoms with Crippen molar-refractivity contribution in [3.8, 4) is 0 Å². The van der Waals surface area contributed by atoms with Gasteiger partial charge in [0.05, 0.1) is 0 Å². The number of benzene rings is 2. The third-order valence-electron chi connectivity index (χ3n) is 3.39. The van der Waals surface area contributed by atoms with Crippen LogP contribution in [0.5, 0.6) is 0 Å². The third-order valence-corrected chi connectivity index (χ3v) is 3.70. The predicted molar refractivity (Wildman–Crippen MR) is 73.1 cm³/mol. The number of rotatable bonds is 2. The smallest absolute Gasteiger partial charge is 0.150 e. The quantitative estimate of drug-likeness (QED) is 0.737. The van der Waals surface area contributed by atoms with Crippen molar-refractivity contribution in [3.63, 3.8) is 0 Å². The maximum atomic E-state index is 14.1. The van der Waals surface area contributed by atoms with E-state index < -0.39 is 11.6 Å². The van der Waals surface area contributed by atoms with E-state index in [2.05, 4.69) is 0 Å². The lowest BCUT2D eigenvalue weighted by Crippen LogP contribution is -2.16. The minimum absolute atomic E-state index is 0.0128. The van der Waals surface area contributed by atoms with E-state index in [1.165, 1.54) is 12.1 Å². The molecule has 0 amide bonds. The molecular weight excluding hydrogens is 268 g/mol. The van der Waals surface area contributed by atoms with E-state index in [1.54, 1.807) is 4.90 Å². The first-order chi connectivity index (χ1) is 9.20. The van der Waals surface area contributed by atoms with Gasteiger partial charge >= 0.3 is 0 Å². The molecule has 2 aromatic rings. The average molecular weight is 280 g/mol. The Morgan fingerprint density at radius 3 is 2.47 bits per heavy atom. The first-order valence-corrected chi connectivity index (χ1v) is 6.63. The van der Waals surface area contributed by atoms with E-state index in [0.717, 1.165) is 17.7 Å². The predicted octanol–water partition coefficient (Wildman–Crippen LogP) is 4.40. The molecule has 0 saturated heterocycles. The number of alkyl halides is 1. The van der Waals surface area contributed by atoms with Gasteiger partial charge in [0.2, 0.25) is 0 Å². The molecule has 2 aromatic carbocycles. The van der Waals surface area contributed by atoms with Gasteiger partial charge in [0, 0.05) is 18.1 Å². The summed E-state index contributed by atoms with van der Waals surface area (Å²) in [6, 6.07) is 10.3. The summed E-state index contributed by atoms with van der Waals surface area (Å²) >= 11 is 5.62. The normalized spacial score (nSPS) is 13.7. The van der Waals surface area contributed by atoms with Crippen molar-refractivity contribution in [2.45, 2.75) is 12.3 Å². The van der Waals surface area contributed by atoms with E-state index in [1.807, 2.05) is 24.3 Å². The van der Waals surface area contributed by atoms with Crippen LogP contribution in [0.2, 0.25) is 0 Å². The Kier molecular flexibility index (Phi) is 3.15. The second-order valence-electron chi connectivity index (χ2n) is 4.57. The van der Waals surface area contributed by atoms with Crippen LogP contribution in [0.3, 0.4) is 0 Å². The van der Waals surface area contributed by atoms with Gasteiger partial charge in [0.15, 0.2) is 0 Å². The number of nitrogens with zero attached hydrogens (tertiary/aromatic N) is 1. The van der Waals surface area contributed by atoms with Gasteiger partial charge < -0.3 is 4.90 Å². The molecule has 0 aliphatic carbocycles. The van der Waals surface area contributed by atoms with Gasteiger partial charge in [-0.05, 0) is 35.7 Å². The highest BCUT2D eigenvalue weighted by molar-refractivity contribution is 6.17. The van der Waals surface area contributed by atoms with Crippen LogP contribution in [0.15, 0.2) is 36.4 Å². The molecule has 0 fully saturated rings. The largest absolute Gasteiger partial charge is 0.336 e. The number of para-hydroxylation sites is 1. The fourth-order valence-corrected chi connectivity index (χ4v) is 2.68. The number of fused-ring (bicyclic) bond motifs is 1. The molecule has 0 aromatic heterocycles. The first-order valence-electron chi connectivity index (χ1n) is 6.10. The van der Waals surface area contributed by atoms with Gasteiger partial charge in [-0.15, -0.1) is 11.6 Å². The average Bonchev–Trinajstić information content (AvgIpc) is 2.82. The zero-order chi connectivity index (χ0) is 13.4. The molecular formula is C15H12ClF2N. The van der Waals surface area contributed by atoms with E-state index in [-0.39, 0.29) is 11.6 Å². The van der Waals surface area contributed by atoms with E-state index in [9.17, 15) is 8.78 Å². The molecule has 3 rings (SSSR count). The van der Waals surface area contributed by atoms with Crippen LogP contribution < -0.4 is 4.90 Å². The highest BCUT2D eigenvalue weighted by atomic mass is 35.5. The molecule has 1 heterocycles. The van der Waals surface area contributed by atoms with Crippen molar-refractivity contribution in [1.82, 2.24) is 0 Å². The summed E-state index contributed by atoms with van der Waals surface area (Å²) < 4.78 is 28.2.